The molecule has 0 aliphatic carbocycles. The number of ether oxygens (including phenoxy) is 2. The smallest absolute Gasteiger partial charge is 0.279 e. The van der Waals surface area contributed by atoms with Crippen molar-refractivity contribution < 1.29 is 19.1 Å². The van der Waals surface area contributed by atoms with Crippen molar-refractivity contribution in [3.63, 3.8) is 0 Å². The maximum Gasteiger partial charge on any atom is 0.279 e. The lowest BCUT2D eigenvalue weighted by Crippen LogP contribution is -2.48. The van der Waals surface area contributed by atoms with Crippen LogP contribution in [0.4, 0.5) is 0 Å². The van der Waals surface area contributed by atoms with Crippen LogP contribution in [0.2, 0.25) is 5.02 Å². The van der Waals surface area contributed by atoms with Crippen molar-refractivity contribution in [2.75, 3.05) is 6.61 Å². The van der Waals surface area contributed by atoms with Crippen molar-refractivity contribution in [3.05, 3.63) is 57.5 Å². The highest BCUT2D eigenvalue weighted by Crippen LogP contribution is 2.27. The lowest BCUT2D eigenvalue weighted by atomic mass is 10.2. The topological polar surface area (TPSA) is 76.7 Å². The molecule has 0 fully saturated rings. The number of amides is 2. The third-order valence-corrected chi connectivity index (χ3v) is 4.10. The van der Waals surface area contributed by atoms with E-state index in [1.165, 1.54) is 0 Å². The number of hydrogen-bond donors (Lipinski definition) is 2. The minimum atomic E-state index is -0.775. The van der Waals surface area contributed by atoms with E-state index < -0.39 is 17.9 Å². The summed E-state index contributed by atoms with van der Waals surface area (Å²) in [6.45, 7) is 3.25. The van der Waals surface area contributed by atoms with Gasteiger partial charge in [-0.3, -0.25) is 20.4 Å². The SMILES string of the molecule is Cc1cccc(OC(C)C(=O)NNC(=O)COc2ccc(Cl)cc2Br)c1. The van der Waals surface area contributed by atoms with Gasteiger partial charge in [0.1, 0.15) is 11.5 Å². The first-order chi connectivity index (χ1) is 12.3. The molecule has 2 aromatic carbocycles. The van der Waals surface area contributed by atoms with Gasteiger partial charge in [0.25, 0.3) is 11.8 Å². The lowest BCUT2D eigenvalue weighted by molar-refractivity contribution is -0.133. The Balaban J connectivity index is 1.76. The standard InChI is InChI=1S/C18H18BrClN2O4/c1-11-4-3-5-14(8-11)26-12(2)18(24)22-21-17(23)10-25-16-7-6-13(20)9-15(16)19/h3-9,12H,10H2,1-2H3,(H,21,23)(H,22,24). The molecule has 138 valence electrons. The Bertz CT molecular complexity index is 801. The summed E-state index contributed by atoms with van der Waals surface area (Å²) >= 11 is 9.12. The summed E-state index contributed by atoms with van der Waals surface area (Å²) in [4.78, 5) is 23.8. The van der Waals surface area contributed by atoms with Gasteiger partial charge in [0.05, 0.1) is 4.47 Å². The third-order valence-electron chi connectivity index (χ3n) is 3.25. The van der Waals surface area contributed by atoms with Crippen molar-refractivity contribution in [2.45, 2.75) is 20.0 Å². The van der Waals surface area contributed by atoms with Gasteiger partial charge in [0.2, 0.25) is 0 Å². The monoisotopic (exact) mass is 440 g/mol. The van der Waals surface area contributed by atoms with E-state index in [-0.39, 0.29) is 6.61 Å². The Morgan fingerprint density at radius 3 is 2.65 bits per heavy atom. The zero-order valence-electron chi connectivity index (χ0n) is 14.2. The van der Waals surface area contributed by atoms with E-state index in [1.807, 2.05) is 25.1 Å². The molecule has 2 amide bonds. The third kappa shape index (κ3) is 6.24. The number of aryl methyl sites for hydroxylation is 1. The highest BCUT2D eigenvalue weighted by Gasteiger charge is 2.15. The minimum absolute atomic E-state index is 0.270. The van der Waals surface area contributed by atoms with E-state index in [1.54, 1.807) is 31.2 Å². The molecule has 0 heterocycles. The molecule has 0 aromatic heterocycles. The average molecular weight is 442 g/mol. The van der Waals surface area contributed by atoms with Gasteiger partial charge in [0.15, 0.2) is 12.7 Å². The predicted octanol–water partition coefficient (Wildman–Crippen LogP) is 3.40. The van der Waals surface area contributed by atoms with E-state index in [2.05, 4.69) is 26.8 Å². The number of rotatable bonds is 6. The van der Waals surface area contributed by atoms with Gasteiger partial charge in [-0.25, -0.2) is 0 Å². The molecule has 2 aromatic rings. The summed E-state index contributed by atoms with van der Waals surface area (Å²) in [5, 5.41) is 0.545. The van der Waals surface area contributed by atoms with Crippen LogP contribution in [0, 0.1) is 6.92 Å². The van der Waals surface area contributed by atoms with E-state index in [4.69, 9.17) is 21.1 Å². The Kier molecular flexibility index (Phi) is 7.29. The minimum Gasteiger partial charge on any atom is -0.483 e. The van der Waals surface area contributed by atoms with Crippen LogP contribution in [0.1, 0.15) is 12.5 Å². The van der Waals surface area contributed by atoms with Crippen molar-refractivity contribution >= 4 is 39.3 Å². The van der Waals surface area contributed by atoms with Crippen LogP contribution < -0.4 is 20.3 Å². The van der Waals surface area contributed by atoms with Crippen LogP contribution in [0.3, 0.4) is 0 Å². The Labute approximate surface area is 164 Å². The summed E-state index contributed by atoms with van der Waals surface area (Å²) < 4.78 is 11.5. The summed E-state index contributed by atoms with van der Waals surface area (Å²) in [5.41, 5.74) is 5.60. The second-order valence-corrected chi connectivity index (χ2v) is 6.77. The van der Waals surface area contributed by atoms with Crippen molar-refractivity contribution in [2.24, 2.45) is 0 Å². The highest BCUT2D eigenvalue weighted by molar-refractivity contribution is 9.10. The molecule has 0 radical (unpaired) electrons. The summed E-state index contributed by atoms with van der Waals surface area (Å²) in [7, 11) is 0. The molecule has 0 saturated carbocycles. The second-order valence-electron chi connectivity index (χ2n) is 5.48. The molecule has 0 bridgehead atoms. The second kappa shape index (κ2) is 9.45. The number of carbonyl (C=O) groups is 2. The molecular weight excluding hydrogens is 424 g/mol. The van der Waals surface area contributed by atoms with E-state index in [0.717, 1.165) is 5.56 Å². The fraction of sp³-hybridized carbons (Fsp3) is 0.222. The zero-order chi connectivity index (χ0) is 19.1. The number of halogens is 2. The first kappa shape index (κ1) is 20.1. The molecule has 0 saturated heterocycles. The van der Waals surface area contributed by atoms with Gasteiger partial charge in [-0.05, 0) is 65.7 Å². The maximum atomic E-state index is 12.0. The molecule has 1 unspecified atom stereocenters. The van der Waals surface area contributed by atoms with Crippen LogP contribution >= 0.6 is 27.5 Å². The van der Waals surface area contributed by atoms with Crippen molar-refractivity contribution in [1.82, 2.24) is 10.9 Å². The summed E-state index contributed by atoms with van der Waals surface area (Å²) in [5.74, 6) is 0.0532. The van der Waals surface area contributed by atoms with Crippen LogP contribution in [-0.2, 0) is 9.59 Å². The summed E-state index contributed by atoms with van der Waals surface area (Å²) in [6, 6.07) is 12.3. The Morgan fingerprint density at radius 1 is 1.19 bits per heavy atom. The van der Waals surface area contributed by atoms with Crippen LogP contribution in [0.25, 0.3) is 0 Å². The van der Waals surface area contributed by atoms with Gasteiger partial charge in [-0.15, -0.1) is 0 Å². The number of carbonyl (C=O) groups excluding carboxylic acids is 2. The van der Waals surface area contributed by atoms with E-state index in [0.29, 0.717) is 21.0 Å². The number of nitrogens with one attached hydrogen (secondary N) is 2. The fourth-order valence-corrected chi connectivity index (χ4v) is 2.75. The molecule has 0 spiro atoms. The molecule has 2 rings (SSSR count). The van der Waals surface area contributed by atoms with E-state index in [9.17, 15) is 9.59 Å². The number of hydrazine groups is 1. The molecule has 6 nitrogen and oxygen atoms in total. The van der Waals surface area contributed by atoms with Gasteiger partial charge in [0, 0.05) is 5.02 Å². The molecule has 26 heavy (non-hydrogen) atoms. The van der Waals surface area contributed by atoms with Gasteiger partial charge in [-0.1, -0.05) is 23.7 Å². The number of hydrogen-bond acceptors (Lipinski definition) is 4. The molecular formula is C18H18BrClN2O4. The Morgan fingerprint density at radius 2 is 1.96 bits per heavy atom. The zero-order valence-corrected chi connectivity index (χ0v) is 16.6. The Hall–Kier alpha value is -2.25. The lowest BCUT2D eigenvalue weighted by Gasteiger charge is -2.15. The first-order valence-corrected chi connectivity index (χ1v) is 8.92. The average Bonchev–Trinajstić information content (AvgIpc) is 2.58. The molecule has 0 aliphatic rings. The summed E-state index contributed by atoms with van der Waals surface area (Å²) in [6.07, 6.45) is -0.775. The van der Waals surface area contributed by atoms with Crippen LogP contribution in [-0.4, -0.2) is 24.5 Å². The fourth-order valence-electron chi connectivity index (χ4n) is 1.95. The molecule has 2 N–H and O–H groups in total. The number of benzene rings is 2. The van der Waals surface area contributed by atoms with Gasteiger partial charge >= 0.3 is 0 Å². The van der Waals surface area contributed by atoms with Gasteiger partial charge < -0.3 is 9.47 Å². The highest BCUT2D eigenvalue weighted by atomic mass is 79.9. The maximum absolute atomic E-state index is 12.0. The quantitative estimate of drug-likeness (QED) is 0.674. The van der Waals surface area contributed by atoms with Crippen LogP contribution in [0.15, 0.2) is 46.9 Å². The van der Waals surface area contributed by atoms with Gasteiger partial charge in [-0.2, -0.15) is 0 Å². The van der Waals surface area contributed by atoms with Crippen LogP contribution in [0.5, 0.6) is 11.5 Å². The van der Waals surface area contributed by atoms with Crippen molar-refractivity contribution in [3.8, 4) is 11.5 Å². The van der Waals surface area contributed by atoms with Crippen molar-refractivity contribution in [1.29, 1.82) is 0 Å². The normalized spacial score (nSPS) is 11.4. The molecule has 0 aliphatic heterocycles. The first-order valence-electron chi connectivity index (χ1n) is 7.75. The molecule has 8 heteroatoms. The van der Waals surface area contributed by atoms with E-state index >= 15 is 0 Å². The predicted molar refractivity (Wildman–Crippen MR) is 102 cm³/mol. The molecule has 1 atom stereocenters. The largest absolute Gasteiger partial charge is 0.483 e.